The van der Waals surface area contributed by atoms with Gasteiger partial charge in [-0.05, 0) is 35.2 Å². The highest BCUT2D eigenvalue weighted by atomic mass is 19.4. The van der Waals surface area contributed by atoms with E-state index in [4.69, 9.17) is 4.74 Å². The van der Waals surface area contributed by atoms with Gasteiger partial charge in [-0.25, -0.2) is 0 Å². The number of hydrogen-bond acceptors (Lipinski definition) is 2. The monoisotopic (exact) mass is 377 g/mol. The fourth-order valence-corrected chi connectivity index (χ4v) is 2.25. The number of alkyl halides is 3. The van der Waals surface area contributed by atoms with Crippen molar-refractivity contribution < 1.29 is 22.7 Å². The Morgan fingerprint density at radius 3 is 2.19 bits per heavy atom. The number of allylic oxidation sites excluding steroid dienone is 1. The second-order valence-corrected chi connectivity index (χ2v) is 7.22. The molecule has 2 aromatic carbocycles. The lowest BCUT2D eigenvalue weighted by Crippen LogP contribution is -2.13. The maximum Gasteiger partial charge on any atom is 0.416 e. The maximum absolute atomic E-state index is 13.0. The number of amides is 1. The van der Waals surface area contributed by atoms with Crippen LogP contribution in [0.5, 0.6) is 5.75 Å². The standard InChI is InChI=1S/C21H22F3NO2/c1-20(2,3)10-9-14-5-7-15(8-6-14)19(26)25-17-11-16(21(22,23)24)12-18(13-17)27-4/h5-13H,1-4H3,(H,25,26)/b10-9+. The summed E-state index contributed by atoms with van der Waals surface area (Å²) in [4.78, 5) is 12.4. The molecule has 0 aliphatic carbocycles. The van der Waals surface area contributed by atoms with Gasteiger partial charge < -0.3 is 10.1 Å². The molecule has 3 nitrogen and oxygen atoms in total. The minimum absolute atomic E-state index is 0.0165. The molecule has 0 atom stereocenters. The van der Waals surface area contributed by atoms with Crippen LogP contribution in [0.4, 0.5) is 18.9 Å². The molecule has 0 saturated heterocycles. The molecular formula is C21H22F3NO2. The molecule has 27 heavy (non-hydrogen) atoms. The quantitative estimate of drug-likeness (QED) is 0.707. The number of rotatable bonds is 4. The van der Waals surface area contributed by atoms with E-state index in [1.165, 1.54) is 13.2 Å². The Morgan fingerprint density at radius 1 is 1.04 bits per heavy atom. The highest BCUT2D eigenvalue weighted by molar-refractivity contribution is 6.04. The Labute approximate surface area is 156 Å². The first kappa shape index (κ1) is 20.6. The highest BCUT2D eigenvalue weighted by Gasteiger charge is 2.31. The summed E-state index contributed by atoms with van der Waals surface area (Å²) in [5, 5.41) is 2.48. The summed E-state index contributed by atoms with van der Waals surface area (Å²) in [5.41, 5.74) is 0.447. The van der Waals surface area contributed by atoms with E-state index in [2.05, 4.69) is 32.2 Å². The molecule has 2 rings (SSSR count). The van der Waals surface area contributed by atoms with E-state index in [9.17, 15) is 18.0 Å². The predicted octanol–water partition coefficient (Wildman–Crippen LogP) is 6.03. The van der Waals surface area contributed by atoms with Crippen molar-refractivity contribution >= 4 is 17.7 Å². The van der Waals surface area contributed by atoms with Gasteiger partial charge in [-0.3, -0.25) is 4.79 Å². The summed E-state index contributed by atoms with van der Waals surface area (Å²) >= 11 is 0. The van der Waals surface area contributed by atoms with E-state index in [-0.39, 0.29) is 16.9 Å². The minimum atomic E-state index is -4.53. The van der Waals surface area contributed by atoms with E-state index < -0.39 is 17.6 Å². The van der Waals surface area contributed by atoms with Crippen LogP contribution in [0.25, 0.3) is 6.08 Å². The minimum Gasteiger partial charge on any atom is -0.497 e. The van der Waals surface area contributed by atoms with Crippen LogP contribution in [-0.4, -0.2) is 13.0 Å². The van der Waals surface area contributed by atoms with E-state index in [1.54, 1.807) is 24.3 Å². The Kier molecular flexibility index (Phi) is 5.98. The number of hydrogen-bond donors (Lipinski definition) is 1. The van der Waals surface area contributed by atoms with Crippen LogP contribution in [0.2, 0.25) is 0 Å². The van der Waals surface area contributed by atoms with E-state index in [0.717, 1.165) is 17.7 Å². The lowest BCUT2D eigenvalue weighted by Gasteiger charge is -2.13. The summed E-state index contributed by atoms with van der Waals surface area (Å²) < 4.78 is 43.8. The van der Waals surface area contributed by atoms with Gasteiger partial charge in [0.2, 0.25) is 0 Å². The fraction of sp³-hybridized carbons (Fsp3) is 0.286. The molecular weight excluding hydrogens is 355 g/mol. The predicted molar refractivity (Wildman–Crippen MR) is 101 cm³/mol. The third kappa shape index (κ3) is 6.16. The van der Waals surface area contributed by atoms with Crippen molar-refractivity contribution in [3.63, 3.8) is 0 Å². The molecule has 1 N–H and O–H groups in total. The van der Waals surface area contributed by atoms with E-state index in [0.29, 0.717) is 5.56 Å². The van der Waals surface area contributed by atoms with Gasteiger partial charge in [-0.1, -0.05) is 45.1 Å². The molecule has 0 fully saturated rings. The zero-order valence-corrected chi connectivity index (χ0v) is 15.6. The molecule has 0 bridgehead atoms. The Hall–Kier alpha value is -2.76. The topological polar surface area (TPSA) is 38.3 Å². The zero-order valence-electron chi connectivity index (χ0n) is 15.6. The van der Waals surface area contributed by atoms with Crippen molar-refractivity contribution in [2.75, 3.05) is 12.4 Å². The molecule has 0 aliphatic heterocycles. The Bertz CT molecular complexity index is 832. The molecule has 0 aliphatic rings. The summed E-state index contributed by atoms with van der Waals surface area (Å²) in [6, 6.07) is 9.92. The number of methoxy groups -OCH3 is 1. The molecule has 0 spiro atoms. The van der Waals surface area contributed by atoms with Gasteiger partial charge in [0.25, 0.3) is 5.91 Å². The highest BCUT2D eigenvalue weighted by Crippen LogP contribution is 2.34. The van der Waals surface area contributed by atoms with Gasteiger partial charge in [-0.2, -0.15) is 13.2 Å². The van der Waals surface area contributed by atoms with Crippen molar-refractivity contribution in [1.82, 2.24) is 0 Å². The molecule has 0 heterocycles. The number of nitrogens with one attached hydrogen (secondary N) is 1. The molecule has 0 unspecified atom stereocenters. The van der Waals surface area contributed by atoms with Crippen molar-refractivity contribution in [3.8, 4) is 5.75 Å². The lowest BCUT2D eigenvalue weighted by molar-refractivity contribution is -0.137. The summed E-state index contributed by atoms with van der Waals surface area (Å²) in [5.74, 6) is -0.481. The first-order valence-electron chi connectivity index (χ1n) is 8.35. The number of carbonyl (C=O) groups excluding carboxylic acids is 1. The molecule has 0 radical (unpaired) electrons. The zero-order chi connectivity index (χ0) is 20.2. The molecule has 1 amide bonds. The first-order valence-corrected chi connectivity index (χ1v) is 8.35. The van der Waals surface area contributed by atoms with Crippen LogP contribution in [-0.2, 0) is 6.18 Å². The van der Waals surface area contributed by atoms with Crippen molar-refractivity contribution in [3.05, 3.63) is 65.2 Å². The average molecular weight is 377 g/mol. The van der Waals surface area contributed by atoms with Crippen LogP contribution < -0.4 is 10.1 Å². The SMILES string of the molecule is COc1cc(NC(=O)c2ccc(/C=C/C(C)(C)C)cc2)cc(C(F)(F)F)c1. The molecule has 2 aromatic rings. The normalized spacial score (nSPS) is 12.3. The van der Waals surface area contributed by atoms with Gasteiger partial charge in [0.05, 0.1) is 12.7 Å². The molecule has 144 valence electrons. The number of halogens is 3. The second kappa shape index (κ2) is 7.86. The van der Waals surface area contributed by atoms with E-state index in [1.807, 2.05) is 6.08 Å². The summed E-state index contributed by atoms with van der Waals surface area (Å²) in [6.45, 7) is 6.23. The Balaban J connectivity index is 2.19. The largest absolute Gasteiger partial charge is 0.497 e. The fourth-order valence-electron chi connectivity index (χ4n) is 2.25. The van der Waals surface area contributed by atoms with E-state index >= 15 is 0 Å². The van der Waals surface area contributed by atoms with Crippen LogP contribution in [0, 0.1) is 5.41 Å². The van der Waals surface area contributed by atoms with Crippen molar-refractivity contribution in [1.29, 1.82) is 0 Å². The van der Waals surface area contributed by atoms with Gasteiger partial charge in [0.15, 0.2) is 0 Å². The first-order chi connectivity index (χ1) is 12.5. The smallest absolute Gasteiger partial charge is 0.416 e. The van der Waals surface area contributed by atoms with Gasteiger partial charge in [0, 0.05) is 17.3 Å². The molecule has 0 aromatic heterocycles. The third-order valence-corrected chi connectivity index (χ3v) is 3.68. The van der Waals surface area contributed by atoms with Crippen LogP contribution >= 0.6 is 0 Å². The van der Waals surface area contributed by atoms with Crippen LogP contribution in [0.3, 0.4) is 0 Å². The average Bonchev–Trinajstić information content (AvgIpc) is 2.58. The molecule has 6 heteroatoms. The van der Waals surface area contributed by atoms with Gasteiger partial charge in [0.1, 0.15) is 5.75 Å². The third-order valence-electron chi connectivity index (χ3n) is 3.68. The lowest BCUT2D eigenvalue weighted by atomic mass is 9.95. The summed E-state index contributed by atoms with van der Waals surface area (Å²) in [7, 11) is 1.27. The van der Waals surface area contributed by atoms with Crippen molar-refractivity contribution in [2.45, 2.75) is 26.9 Å². The van der Waals surface area contributed by atoms with Crippen LogP contribution in [0.15, 0.2) is 48.5 Å². The maximum atomic E-state index is 13.0. The number of benzene rings is 2. The molecule has 0 saturated carbocycles. The number of carbonyl (C=O) groups is 1. The van der Waals surface area contributed by atoms with Gasteiger partial charge >= 0.3 is 6.18 Å². The second-order valence-electron chi connectivity index (χ2n) is 7.22. The van der Waals surface area contributed by atoms with Crippen LogP contribution in [0.1, 0.15) is 42.3 Å². The number of ether oxygens (including phenoxy) is 1. The Morgan fingerprint density at radius 2 is 1.67 bits per heavy atom. The van der Waals surface area contributed by atoms with Gasteiger partial charge in [-0.15, -0.1) is 0 Å². The number of anilines is 1. The summed E-state index contributed by atoms with van der Waals surface area (Å²) in [6.07, 6.45) is -0.522. The van der Waals surface area contributed by atoms with Crippen molar-refractivity contribution in [2.24, 2.45) is 5.41 Å².